The molecule has 1 aromatic heterocycles. The second-order valence-electron chi connectivity index (χ2n) is 7.10. The minimum Gasteiger partial charge on any atom is -0.493 e. The van der Waals surface area contributed by atoms with Gasteiger partial charge in [0.05, 0.1) is 5.56 Å². The Balaban J connectivity index is 1.42. The first-order valence-corrected chi connectivity index (χ1v) is 9.56. The molecular formula is C22H24N4O2. The lowest BCUT2D eigenvalue weighted by molar-refractivity contribution is 0.248. The van der Waals surface area contributed by atoms with Gasteiger partial charge < -0.3 is 10.0 Å². The molecule has 6 heteroatoms. The van der Waals surface area contributed by atoms with E-state index < -0.39 is 0 Å². The topological polar surface area (TPSA) is 72.5 Å². The van der Waals surface area contributed by atoms with Crippen molar-refractivity contribution in [3.63, 3.8) is 0 Å². The lowest BCUT2D eigenvalue weighted by Gasteiger charge is -2.35. The Morgan fingerprint density at radius 2 is 1.50 bits per heavy atom. The smallest absolute Gasteiger partial charge is 0.259 e. The van der Waals surface area contributed by atoms with Crippen molar-refractivity contribution in [2.45, 2.75) is 13.0 Å². The van der Waals surface area contributed by atoms with E-state index in [1.54, 1.807) is 0 Å². The second-order valence-corrected chi connectivity index (χ2v) is 7.10. The molecule has 0 bridgehead atoms. The number of anilines is 1. The van der Waals surface area contributed by atoms with Gasteiger partial charge in [0, 0.05) is 39.1 Å². The third-order valence-electron chi connectivity index (χ3n) is 5.13. The van der Waals surface area contributed by atoms with E-state index >= 15 is 0 Å². The molecule has 1 saturated heterocycles. The molecule has 28 heavy (non-hydrogen) atoms. The van der Waals surface area contributed by atoms with Crippen LogP contribution in [-0.2, 0) is 13.0 Å². The van der Waals surface area contributed by atoms with Gasteiger partial charge >= 0.3 is 0 Å². The number of nitrogens with one attached hydrogen (secondary N) is 1. The highest BCUT2D eigenvalue weighted by atomic mass is 16.3. The molecule has 6 nitrogen and oxygen atoms in total. The molecule has 0 amide bonds. The van der Waals surface area contributed by atoms with E-state index in [0.717, 1.165) is 38.3 Å². The fraction of sp³-hybridized carbons (Fsp3) is 0.273. The van der Waals surface area contributed by atoms with Crippen molar-refractivity contribution in [3.8, 4) is 5.88 Å². The standard InChI is InChI=1S/C22H24N4O2/c27-20-19(15-17-7-3-1-4-8-17)21(28)24-22(23-20)26-13-11-25(12-14-26)16-18-9-5-2-6-10-18/h1-10H,11-16H2,(H2,23,24,27,28). The Bertz CT molecular complexity index is 965. The number of aromatic nitrogens is 2. The SMILES string of the molecule is O=c1[nH]c(N2CCN(Cc3ccccc3)CC2)nc(O)c1Cc1ccccc1. The van der Waals surface area contributed by atoms with Gasteiger partial charge in [-0.3, -0.25) is 14.7 Å². The van der Waals surface area contributed by atoms with Crippen LogP contribution in [0, 0.1) is 0 Å². The van der Waals surface area contributed by atoms with E-state index in [9.17, 15) is 9.90 Å². The number of piperazine rings is 1. The van der Waals surface area contributed by atoms with Crippen molar-refractivity contribution in [2.75, 3.05) is 31.1 Å². The average Bonchev–Trinajstić information content (AvgIpc) is 2.73. The number of H-pyrrole nitrogens is 1. The van der Waals surface area contributed by atoms with E-state index in [4.69, 9.17) is 0 Å². The van der Waals surface area contributed by atoms with Gasteiger partial charge in [-0.25, -0.2) is 0 Å². The van der Waals surface area contributed by atoms with Gasteiger partial charge in [0.15, 0.2) is 0 Å². The van der Waals surface area contributed by atoms with Crippen molar-refractivity contribution in [1.82, 2.24) is 14.9 Å². The van der Waals surface area contributed by atoms with Crippen LogP contribution in [0.3, 0.4) is 0 Å². The molecule has 2 heterocycles. The zero-order valence-corrected chi connectivity index (χ0v) is 15.7. The van der Waals surface area contributed by atoms with E-state index in [2.05, 4.69) is 39.1 Å². The van der Waals surface area contributed by atoms with E-state index in [-0.39, 0.29) is 11.4 Å². The molecule has 0 aliphatic carbocycles. The van der Waals surface area contributed by atoms with E-state index in [0.29, 0.717) is 17.9 Å². The van der Waals surface area contributed by atoms with E-state index in [1.807, 2.05) is 41.3 Å². The van der Waals surface area contributed by atoms with Crippen molar-refractivity contribution < 1.29 is 5.11 Å². The van der Waals surface area contributed by atoms with Crippen molar-refractivity contribution in [2.24, 2.45) is 0 Å². The molecule has 2 aromatic carbocycles. The summed E-state index contributed by atoms with van der Waals surface area (Å²) in [6, 6.07) is 20.0. The third kappa shape index (κ3) is 4.23. The van der Waals surface area contributed by atoms with Gasteiger partial charge in [0.1, 0.15) is 0 Å². The first-order chi connectivity index (χ1) is 13.7. The number of benzene rings is 2. The quantitative estimate of drug-likeness (QED) is 0.715. The molecule has 0 unspecified atom stereocenters. The number of aromatic amines is 1. The van der Waals surface area contributed by atoms with Crippen LogP contribution in [0.25, 0.3) is 0 Å². The summed E-state index contributed by atoms with van der Waals surface area (Å²) in [7, 11) is 0. The number of hydrogen-bond acceptors (Lipinski definition) is 5. The summed E-state index contributed by atoms with van der Waals surface area (Å²) >= 11 is 0. The summed E-state index contributed by atoms with van der Waals surface area (Å²) in [5, 5.41) is 10.3. The Kier molecular flexibility index (Phi) is 5.39. The van der Waals surface area contributed by atoms with Crippen molar-refractivity contribution >= 4 is 5.95 Å². The maximum Gasteiger partial charge on any atom is 0.259 e. The van der Waals surface area contributed by atoms with Crippen LogP contribution in [0.2, 0.25) is 0 Å². The lowest BCUT2D eigenvalue weighted by atomic mass is 10.1. The summed E-state index contributed by atoms with van der Waals surface area (Å²) < 4.78 is 0. The fourth-order valence-corrected chi connectivity index (χ4v) is 3.54. The average molecular weight is 376 g/mol. The van der Waals surface area contributed by atoms with Crippen LogP contribution < -0.4 is 10.5 Å². The van der Waals surface area contributed by atoms with Crippen LogP contribution in [0.5, 0.6) is 5.88 Å². The highest BCUT2D eigenvalue weighted by Gasteiger charge is 2.21. The highest BCUT2D eigenvalue weighted by Crippen LogP contribution is 2.19. The molecule has 1 aliphatic rings. The van der Waals surface area contributed by atoms with Crippen LogP contribution in [0.4, 0.5) is 5.95 Å². The number of aromatic hydroxyl groups is 1. The summed E-state index contributed by atoms with van der Waals surface area (Å²) in [6.07, 6.45) is 0.361. The number of rotatable bonds is 5. The van der Waals surface area contributed by atoms with Crippen molar-refractivity contribution in [3.05, 3.63) is 87.7 Å². The molecule has 0 spiro atoms. The molecule has 0 saturated carbocycles. The summed E-state index contributed by atoms with van der Waals surface area (Å²) in [5.41, 5.74) is 2.29. The molecule has 0 atom stereocenters. The van der Waals surface area contributed by atoms with Gasteiger partial charge in [0.25, 0.3) is 5.56 Å². The number of nitrogens with zero attached hydrogens (tertiary/aromatic N) is 3. The number of hydrogen-bond donors (Lipinski definition) is 2. The molecule has 1 fully saturated rings. The second kappa shape index (κ2) is 8.27. The van der Waals surface area contributed by atoms with E-state index in [1.165, 1.54) is 5.56 Å². The molecular weight excluding hydrogens is 352 g/mol. The van der Waals surface area contributed by atoms with Gasteiger partial charge in [-0.15, -0.1) is 0 Å². The monoisotopic (exact) mass is 376 g/mol. The Hall–Kier alpha value is -3.12. The Morgan fingerprint density at radius 3 is 2.11 bits per heavy atom. The first-order valence-electron chi connectivity index (χ1n) is 9.56. The third-order valence-corrected chi connectivity index (χ3v) is 5.13. The molecule has 4 rings (SSSR count). The molecule has 144 valence electrons. The molecule has 2 N–H and O–H groups in total. The minimum atomic E-state index is -0.280. The summed E-state index contributed by atoms with van der Waals surface area (Å²) in [4.78, 5) is 24.0. The van der Waals surface area contributed by atoms with Crippen LogP contribution in [0.15, 0.2) is 65.5 Å². The normalized spacial score (nSPS) is 14.9. The molecule has 3 aromatic rings. The lowest BCUT2D eigenvalue weighted by Crippen LogP contribution is -2.47. The van der Waals surface area contributed by atoms with Crippen LogP contribution in [-0.4, -0.2) is 46.2 Å². The maximum absolute atomic E-state index is 12.5. The summed E-state index contributed by atoms with van der Waals surface area (Å²) in [6.45, 7) is 4.19. The zero-order valence-electron chi connectivity index (χ0n) is 15.7. The largest absolute Gasteiger partial charge is 0.493 e. The van der Waals surface area contributed by atoms with Crippen LogP contribution in [0.1, 0.15) is 16.7 Å². The van der Waals surface area contributed by atoms with Crippen LogP contribution >= 0.6 is 0 Å². The molecule has 0 radical (unpaired) electrons. The van der Waals surface area contributed by atoms with Crippen molar-refractivity contribution in [1.29, 1.82) is 0 Å². The highest BCUT2D eigenvalue weighted by molar-refractivity contribution is 5.38. The van der Waals surface area contributed by atoms with Gasteiger partial charge in [-0.1, -0.05) is 60.7 Å². The predicted octanol–water partition coefficient (Wildman–Crippen LogP) is 2.39. The Labute approximate surface area is 164 Å². The fourth-order valence-electron chi connectivity index (χ4n) is 3.54. The minimum absolute atomic E-state index is 0.186. The molecule has 1 aliphatic heterocycles. The van der Waals surface area contributed by atoms with Gasteiger partial charge in [-0.05, 0) is 11.1 Å². The zero-order chi connectivity index (χ0) is 19.3. The first kappa shape index (κ1) is 18.3. The summed E-state index contributed by atoms with van der Waals surface area (Å²) in [5.74, 6) is 0.257. The maximum atomic E-state index is 12.5. The Morgan fingerprint density at radius 1 is 0.893 bits per heavy atom. The predicted molar refractivity (Wildman–Crippen MR) is 110 cm³/mol. The van der Waals surface area contributed by atoms with Gasteiger partial charge in [0.2, 0.25) is 11.8 Å². The van der Waals surface area contributed by atoms with Gasteiger partial charge in [-0.2, -0.15) is 4.98 Å².